The molecule has 0 heterocycles. The summed E-state index contributed by atoms with van der Waals surface area (Å²) in [5.41, 5.74) is 2.51. The standard InChI is InChI=1S/C14H16O2/c1-16-10-3-4-12-11(9-10)13(15)5-8-14(12)6-2-7-14/h3-4,9H,2,5-8H2,1H3. The number of benzene rings is 1. The van der Waals surface area contributed by atoms with Crippen LogP contribution in [0.25, 0.3) is 0 Å². The van der Waals surface area contributed by atoms with Crippen LogP contribution in [0.5, 0.6) is 5.75 Å². The highest BCUT2D eigenvalue weighted by Crippen LogP contribution is 2.51. The molecule has 0 aromatic heterocycles. The molecule has 0 unspecified atom stereocenters. The van der Waals surface area contributed by atoms with E-state index in [1.165, 1.54) is 24.8 Å². The van der Waals surface area contributed by atoms with E-state index >= 15 is 0 Å². The monoisotopic (exact) mass is 216 g/mol. The molecule has 16 heavy (non-hydrogen) atoms. The van der Waals surface area contributed by atoms with Gasteiger partial charge in [0.2, 0.25) is 0 Å². The molecular weight excluding hydrogens is 200 g/mol. The second-order valence-corrected chi connectivity index (χ2v) is 4.97. The molecule has 0 bridgehead atoms. The molecule has 0 amide bonds. The van der Waals surface area contributed by atoms with Crippen molar-refractivity contribution in [2.45, 2.75) is 37.5 Å². The van der Waals surface area contributed by atoms with Gasteiger partial charge in [0.15, 0.2) is 5.78 Å². The third-order valence-corrected chi connectivity index (χ3v) is 4.24. The minimum Gasteiger partial charge on any atom is -0.497 e. The van der Waals surface area contributed by atoms with Crippen LogP contribution in [0.15, 0.2) is 18.2 Å². The Morgan fingerprint density at radius 2 is 2.06 bits per heavy atom. The number of ketones is 1. The number of rotatable bonds is 1. The highest BCUT2D eigenvalue weighted by Gasteiger charge is 2.43. The summed E-state index contributed by atoms with van der Waals surface area (Å²) >= 11 is 0. The van der Waals surface area contributed by atoms with Crippen molar-refractivity contribution < 1.29 is 9.53 Å². The topological polar surface area (TPSA) is 26.3 Å². The maximum Gasteiger partial charge on any atom is 0.163 e. The van der Waals surface area contributed by atoms with E-state index in [4.69, 9.17) is 4.74 Å². The normalized spacial score (nSPS) is 21.4. The van der Waals surface area contributed by atoms with Crippen LogP contribution in [-0.2, 0) is 5.41 Å². The Bertz CT molecular complexity index is 444. The zero-order valence-electron chi connectivity index (χ0n) is 9.58. The average molecular weight is 216 g/mol. The van der Waals surface area contributed by atoms with E-state index in [0.717, 1.165) is 17.7 Å². The Balaban J connectivity index is 2.12. The highest BCUT2D eigenvalue weighted by atomic mass is 16.5. The van der Waals surface area contributed by atoms with Gasteiger partial charge in [-0.3, -0.25) is 4.79 Å². The maximum absolute atomic E-state index is 11.9. The van der Waals surface area contributed by atoms with Gasteiger partial charge >= 0.3 is 0 Å². The number of carbonyl (C=O) groups excluding carboxylic acids is 1. The smallest absolute Gasteiger partial charge is 0.163 e. The van der Waals surface area contributed by atoms with Gasteiger partial charge in [0.1, 0.15) is 5.75 Å². The zero-order chi connectivity index (χ0) is 11.2. The summed E-state index contributed by atoms with van der Waals surface area (Å²) in [6.45, 7) is 0. The first-order valence-electron chi connectivity index (χ1n) is 5.97. The fourth-order valence-electron chi connectivity index (χ4n) is 3.09. The maximum atomic E-state index is 11.9. The Kier molecular flexibility index (Phi) is 2.06. The van der Waals surface area contributed by atoms with Crippen molar-refractivity contribution in [2.24, 2.45) is 0 Å². The second kappa shape index (κ2) is 3.34. The molecule has 2 nitrogen and oxygen atoms in total. The molecule has 3 rings (SSSR count). The van der Waals surface area contributed by atoms with Crippen LogP contribution in [0.1, 0.15) is 48.0 Å². The molecule has 84 valence electrons. The average Bonchev–Trinajstić information content (AvgIpc) is 2.27. The van der Waals surface area contributed by atoms with Gasteiger partial charge in [0, 0.05) is 12.0 Å². The lowest BCUT2D eigenvalue weighted by Crippen LogP contribution is -2.39. The van der Waals surface area contributed by atoms with Crippen LogP contribution in [0.3, 0.4) is 0 Å². The van der Waals surface area contributed by atoms with Crippen molar-refractivity contribution in [3.8, 4) is 5.75 Å². The fraction of sp³-hybridized carbons (Fsp3) is 0.500. The third-order valence-electron chi connectivity index (χ3n) is 4.24. The Hall–Kier alpha value is -1.31. The van der Waals surface area contributed by atoms with E-state index in [9.17, 15) is 4.79 Å². The molecule has 0 N–H and O–H groups in total. The highest BCUT2D eigenvalue weighted by molar-refractivity contribution is 5.99. The molecule has 1 aromatic carbocycles. The molecule has 2 heteroatoms. The number of methoxy groups -OCH3 is 1. The molecule has 0 aliphatic heterocycles. The van der Waals surface area contributed by atoms with Gasteiger partial charge in [-0.25, -0.2) is 0 Å². The lowest BCUT2D eigenvalue weighted by Gasteiger charge is -2.46. The van der Waals surface area contributed by atoms with Gasteiger partial charge in [-0.2, -0.15) is 0 Å². The van der Waals surface area contributed by atoms with Crippen molar-refractivity contribution in [1.29, 1.82) is 0 Å². The SMILES string of the molecule is COc1ccc2c(c1)C(=O)CCC21CCC1. The molecule has 0 atom stereocenters. The van der Waals surface area contributed by atoms with E-state index in [1.54, 1.807) is 7.11 Å². The molecular formula is C14H16O2. The van der Waals surface area contributed by atoms with Gasteiger partial charge in [0.25, 0.3) is 0 Å². The summed E-state index contributed by atoms with van der Waals surface area (Å²) < 4.78 is 5.20. The fourth-order valence-corrected chi connectivity index (χ4v) is 3.09. The van der Waals surface area contributed by atoms with Gasteiger partial charge in [-0.05, 0) is 42.4 Å². The summed E-state index contributed by atoms with van der Waals surface area (Å²) in [5, 5.41) is 0. The molecule has 1 fully saturated rings. The van der Waals surface area contributed by atoms with Gasteiger partial charge in [-0.15, -0.1) is 0 Å². The quantitative estimate of drug-likeness (QED) is 0.721. The molecule has 0 radical (unpaired) electrons. The summed E-state index contributed by atoms with van der Waals surface area (Å²) in [5.74, 6) is 1.08. The van der Waals surface area contributed by atoms with Gasteiger partial charge < -0.3 is 4.74 Å². The van der Waals surface area contributed by atoms with Gasteiger partial charge in [-0.1, -0.05) is 12.5 Å². The molecule has 1 saturated carbocycles. The Morgan fingerprint density at radius 3 is 2.69 bits per heavy atom. The van der Waals surface area contributed by atoms with Crippen LogP contribution in [0.2, 0.25) is 0 Å². The first-order chi connectivity index (χ1) is 7.75. The summed E-state index contributed by atoms with van der Waals surface area (Å²) in [6, 6.07) is 6.00. The largest absolute Gasteiger partial charge is 0.497 e. The summed E-state index contributed by atoms with van der Waals surface area (Å²) in [4.78, 5) is 11.9. The lowest BCUT2D eigenvalue weighted by atomic mass is 9.58. The predicted molar refractivity (Wildman–Crippen MR) is 62.1 cm³/mol. The summed E-state index contributed by atoms with van der Waals surface area (Å²) in [6.07, 6.45) is 5.56. The number of ether oxygens (including phenoxy) is 1. The number of hydrogen-bond donors (Lipinski definition) is 0. The van der Waals surface area contributed by atoms with Crippen molar-refractivity contribution in [3.63, 3.8) is 0 Å². The minimum absolute atomic E-state index is 0.284. The third kappa shape index (κ3) is 1.22. The van der Waals surface area contributed by atoms with E-state index < -0.39 is 0 Å². The predicted octanol–water partition coefficient (Wildman–Crippen LogP) is 3.09. The molecule has 0 saturated heterocycles. The van der Waals surface area contributed by atoms with Crippen LogP contribution in [0, 0.1) is 0 Å². The molecule has 1 spiro atoms. The number of hydrogen-bond acceptors (Lipinski definition) is 2. The Morgan fingerprint density at radius 1 is 1.25 bits per heavy atom. The molecule has 1 aromatic rings. The van der Waals surface area contributed by atoms with E-state index in [0.29, 0.717) is 11.8 Å². The van der Waals surface area contributed by atoms with E-state index in [1.807, 2.05) is 12.1 Å². The van der Waals surface area contributed by atoms with Crippen molar-refractivity contribution in [3.05, 3.63) is 29.3 Å². The zero-order valence-corrected chi connectivity index (χ0v) is 9.58. The van der Waals surface area contributed by atoms with E-state index in [-0.39, 0.29) is 5.78 Å². The van der Waals surface area contributed by atoms with Crippen molar-refractivity contribution >= 4 is 5.78 Å². The van der Waals surface area contributed by atoms with Crippen LogP contribution in [-0.4, -0.2) is 12.9 Å². The van der Waals surface area contributed by atoms with Crippen molar-refractivity contribution in [1.82, 2.24) is 0 Å². The van der Waals surface area contributed by atoms with Crippen LogP contribution >= 0.6 is 0 Å². The molecule has 2 aliphatic rings. The van der Waals surface area contributed by atoms with E-state index in [2.05, 4.69) is 6.07 Å². The second-order valence-electron chi connectivity index (χ2n) is 4.97. The first kappa shape index (κ1) is 9.88. The number of carbonyl (C=O) groups is 1. The van der Waals surface area contributed by atoms with Crippen molar-refractivity contribution in [2.75, 3.05) is 7.11 Å². The number of fused-ring (bicyclic) bond motifs is 2. The number of Topliss-reactive ketones (excluding diaryl/α,β-unsaturated/α-hetero) is 1. The lowest BCUT2D eigenvalue weighted by molar-refractivity contribution is 0.0920. The minimum atomic E-state index is 0.284. The van der Waals surface area contributed by atoms with Gasteiger partial charge in [0.05, 0.1) is 7.11 Å². The molecule has 2 aliphatic carbocycles. The van der Waals surface area contributed by atoms with Crippen LogP contribution in [0.4, 0.5) is 0 Å². The first-order valence-corrected chi connectivity index (χ1v) is 5.97. The van der Waals surface area contributed by atoms with Crippen LogP contribution < -0.4 is 4.74 Å². The summed E-state index contributed by atoms with van der Waals surface area (Å²) in [7, 11) is 1.65. The Labute approximate surface area is 95.6 Å².